The second-order valence-electron chi connectivity index (χ2n) is 10.5. The second-order valence-corrected chi connectivity index (χ2v) is 12.6. The highest BCUT2D eigenvalue weighted by atomic mass is 31.2. The van der Waals surface area contributed by atoms with Crippen molar-refractivity contribution in [3.63, 3.8) is 0 Å². The van der Waals surface area contributed by atoms with E-state index in [4.69, 9.17) is 24.5 Å². The summed E-state index contributed by atoms with van der Waals surface area (Å²) in [7, 11) is -3.95. The van der Waals surface area contributed by atoms with Crippen LogP contribution in [-0.4, -0.2) is 67.8 Å². The molecule has 0 radical (unpaired) electrons. The molecule has 0 saturated heterocycles. The predicted molar refractivity (Wildman–Crippen MR) is 145 cm³/mol. The fourth-order valence-corrected chi connectivity index (χ4v) is 6.67. The minimum absolute atomic E-state index is 0.266. The van der Waals surface area contributed by atoms with Crippen LogP contribution in [0.25, 0.3) is 11.2 Å². The molecule has 2 aromatic heterocycles. The number of aromatic nitrogens is 4. The Balaban J connectivity index is 1.81. The third-order valence-electron chi connectivity index (χ3n) is 6.25. The van der Waals surface area contributed by atoms with Gasteiger partial charge in [0.15, 0.2) is 17.6 Å². The highest BCUT2D eigenvalue weighted by Gasteiger charge is 2.47. The van der Waals surface area contributed by atoms with Gasteiger partial charge in [-0.15, -0.1) is 0 Å². The van der Waals surface area contributed by atoms with Crippen LogP contribution in [0.15, 0.2) is 12.7 Å². The van der Waals surface area contributed by atoms with Crippen molar-refractivity contribution < 1.29 is 32.9 Å². The number of nitrogens with zero attached hydrogens (tertiary/aromatic N) is 4. The Bertz CT molecular complexity index is 1180. The average Bonchev–Trinajstić information content (AvgIpc) is 3.26. The van der Waals surface area contributed by atoms with Gasteiger partial charge in [0.25, 0.3) is 7.52 Å². The second kappa shape index (κ2) is 13.2. The van der Waals surface area contributed by atoms with E-state index in [0.29, 0.717) is 30.6 Å². The van der Waals surface area contributed by atoms with Gasteiger partial charge >= 0.3 is 11.9 Å². The number of carbonyl (C=O) groups is 2. The van der Waals surface area contributed by atoms with Crippen LogP contribution in [0.1, 0.15) is 73.6 Å². The summed E-state index contributed by atoms with van der Waals surface area (Å²) in [6.07, 6.45) is 3.47. The number of anilines is 1. The van der Waals surface area contributed by atoms with Crippen molar-refractivity contribution in [1.82, 2.24) is 24.6 Å². The molecule has 14 heteroatoms. The number of fused-ring (bicyclic) bond motifs is 1. The average molecular weight is 569 g/mol. The van der Waals surface area contributed by atoms with E-state index >= 15 is 0 Å². The van der Waals surface area contributed by atoms with Crippen LogP contribution < -0.4 is 10.8 Å². The maximum Gasteiger partial charge on any atom is 0.335 e. The molecule has 3 N–H and O–H groups in total. The lowest BCUT2D eigenvalue weighted by atomic mass is 9.82. The van der Waals surface area contributed by atoms with Gasteiger partial charge in [0, 0.05) is 0 Å². The van der Waals surface area contributed by atoms with E-state index in [1.165, 1.54) is 13.3 Å². The number of hydrogen-bond acceptors (Lipinski definition) is 11. The number of ether oxygens (including phenoxy) is 3. The van der Waals surface area contributed by atoms with Crippen molar-refractivity contribution in [1.29, 1.82) is 0 Å². The summed E-state index contributed by atoms with van der Waals surface area (Å²) in [6.45, 7) is 10.5. The van der Waals surface area contributed by atoms with Gasteiger partial charge in [-0.05, 0) is 54.4 Å². The molecule has 2 heterocycles. The molecular weight excluding hydrogens is 527 g/mol. The Morgan fingerprint density at radius 2 is 1.72 bits per heavy atom. The first-order chi connectivity index (χ1) is 18.3. The largest absolute Gasteiger partial charge is 0.462 e. The van der Waals surface area contributed by atoms with Crippen molar-refractivity contribution in [2.45, 2.75) is 110 Å². The summed E-state index contributed by atoms with van der Waals surface area (Å²) in [5.74, 6) is -0.888. The van der Waals surface area contributed by atoms with E-state index in [9.17, 15) is 14.2 Å². The fourth-order valence-electron chi connectivity index (χ4n) is 4.47. The number of nitrogens with two attached hydrogens (primary N) is 1. The minimum atomic E-state index is -3.95. The van der Waals surface area contributed by atoms with Crippen molar-refractivity contribution >= 4 is 36.4 Å². The standard InChI is InChI=1S/C25H41N6O7P/c1-16(2)36-23(32)19(6)38-39(34,30-25(10-8-7-9-11-25)24(33)37-17(3)4)15-35-18(5)12-31-14-29-20-21(26)27-13-28-22(20)31/h13-14,16-19H,7-12,15H2,1-6H3,(H,30,34)(H2,26,27,28)/t18-,19+,39-/m1/s1. The van der Waals surface area contributed by atoms with Crippen LogP contribution in [0, 0.1) is 0 Å². The van der Waals surface area contributed by atoms with Crippen molar-refractivity contribution in [3.8, 4) is 0 Å². The Kier molecular flexibility index (Phi) is 10.4. The third kappa shape index (κ3) is 8.20. The quantitative estimate of drug-likeness (QED) is 0.266. The first-order valence-corrected chi connectivity index (χ1v) is 15.2. The van der Waals surface area contributed by atoms with E-state index < -0.39 is 43.6 Å². The summed E-state index contributed by atoms with van der Waals surface area (Å²) in [5, 5.41) is 3.01. The smallest absolute Gasteiger partial charge is 0.335 e. The normalized spacial score (nSPS) is 18.6. The predicted octanol–water partition coefficient (Wildman–Crippen LogP) is 3.57. The topological polar surface area (TPSA) is 170 Å². The lowest BCUT2D eigenvalue weighted by Crippen LogP contribution is -2.54. The summed E-state index contributed by atoms with van der Waals surface area (Å²) in [4.78, 5) is 38.2. The summed E-state index contributed by atoms with van der Waals surface area (Å²) in [6, 6.07) is 0. The molecule has 2 aromatic rings. The van der Waals surface area contributed by atoms with Gasteiger partial charge < -0.3 is 29.0 Å². The molecule has 0 spiro atoms. The zero-order chi connectivity index (χ0) is 28.8. The van der Waals surface area contributed by atoms with Crippen molar-refractivity contribution in [2.24, 2.45) is 0 Å². The van der Waals surface area contributed by atoms with Gasteiger partial charge in [-0.2, -0.15) is 0 Å². The van der Waals surface area contributed by atoms with E-state index in [0.717, 1.165) is 19.3 Å². The highest BCUT2D eigenvalue weighted by Crippen LogP contribution is 2.49. The number of hydrogen-bond donors (Lipinski definition) is 2. The van der Waals surface area contributed by atoms with E-state index in [1.807, 2.05) is 0 Å². The van der Waals surface area contributed by atoms with E-state index in [-0.39, 0.29) is 18.0 Å². The van der Waals surface area contributed by atoms with Gasteiger partial charge in [0.2, 0.25) is 0 Å². The molecule has 1 fully saturated rings. The summed E-state index contributed by atoms with van der Waals surface area (Å²) in [5.41, 5.74) is 5.67. The lowest BCUT2D eigenvalue weighted by Gasteiger charge is -2.39. The number of nitrogen functional groups attached to an aromatic ring is 1. The Labute approximate surface area is 229 Å². The summed E-state index contributed by atoms with van der Waals surface area (Å²) < 4.78 is 38.7. The molecule has 218 valence electrons. The zero-order valence-electron chi connectivity index (χ0n) is 23.6. The van der Waals surface area contributed by atoms with Crippen LogP contribution in [0.4, 0.5) is 5.82 Å². The fraction of sp³-hybridized carbons (Fsp3) is 0.720. The van der Waals surface area contributed by atoms with Gasteiger partial charge in [-0.3, -0.25) is 9.36 Å². The first-order valence-electron chi connectivity index (χ1n) is 13.4. The Morgan fingerprint density at radius 3 is 2.36 bits per heavy atom. The van der Waals surface area contributed by atoms with Gasteiger partial charge in [0.1, 0.15) is 23.7 Å². The van der Waals surface area contributed by atoms with Crippen LogP contribution >= 0.6 is 7.52 Å². The lowest BCUT2D eigenvalue weighted by molar-refractivity contribution is -0.156. The molecule has 0 aliphatic heterocycles. The number of nitrogens with one attached hydrogen (secondary N) is 1. The molecule has 0 unspecified atom stereocenters. The SMILES string of the molecule is CC(C)OC(=O)[C@H](C)O[P@](=O)(CO[C@H](C)Cn1cnc2c(N)ncnc21)NC1(C(=O)OC(C)C)CCCCC1. The molecule has 13 nitrogen and oxygen atoms in total. The maximum atomic E-state index is 14.3. The zero-order valence-corrected chi connectivity index (χ0v) is 24.5. The summed E-state index contributed by atoms with van der Waals surface area (Å²) >= 11 is 0. The monoisotopic (exact) mass is 568 g/mol. The molecule has 1 aliphatic carbocycles. The van der Waals surface area contributed by atoms with Gasteiger partial charge in [-0.25, -0.2) is 24.8 Å². The number of rotatable bonds is 13. The molecule has 39 heavy (non-hydrogen) atoms. The van der Waals surface area contributed by atoms with Crippen LogP contribution in [0.5, 0.6) is 0 Å². The molecule has 0 amide bonds. The maximum absolute atomic E-state index is 14.3. The third-order valence-corrected chi connectivity index (χ3v) is 8.16. The van der Waals surface area contributed by atoms with Crippen LogP contribution in [0.3, 0.4) is 0 Å². The first kappa shape index (κ1) is 30.9. The molecule has 1 aliphatic rings. The van der Waals surface area contributed by atoms with E-state index in [2.05, 4.69) is 20.0 Å². The van der Waals surface area contributed by atoms with E-state index in [1.54, 1.807) is 45.5 Å². The van der Waals surface area contributed by atoms with Crippen molar-refractivity contribution in [2.75, 3.05) is 12.1 Å². The van der Waals surface area contributed by atoms with Crippen LogP contribution in [0.2, 0.25) is 0 Å². The molecular formula is C25H41N6O7P. The minimum Gasteiger partial charge on any atom is -0.462 e. The number of imidazole rings is 1. The Morgan fingerprint density at radius 1 is 1.05 bits per heavy atom. The van der Waals surface area contributed by atoms with Crippen molar-refractivity contribution in [3.05, 3.63) is 12.7 Å². The highest BCUT2D eigenvalue weighted by molar-refractivity contribution is 7.56. The van der Waals surface area contributed by atoms with Gasteiger partial charge in [-0.1, -0.05) is 19.3 Å². The number of carbonyl (C=O) groups excluding carboxylic acids is 2. The number of esters is 2. The van der Waals surface area contributed by atoms with Crippen LogP contribution in [-0.2, 0) is 39.4 Å². The Hall–Kier alpha value is -2.60. The molecule has 0 bridgehead atoms. The molecule has 1 saturated carbocycles. The molecule has 0 aromatic carbocycles. The molecule has 3 rings (SSSR count). The van der Waals surface area contributed by atoms with Gasteiger partial charge in [0.05, 0.1) is 31.2 Å². The molecule has 3 atom stereocenters.